The van der Waals surface area contributed by atoms with E-state index in [0.717, 1.165) is 5.56 Å². The molecule has 0 saturated heterocycles. The van der Waals surface area contributed by atoms with E-state index in [2.05, 4.69) is 0 Å². The third kappa shape index (κ3) is 18.5. The molecule has 1 aromatic carbocycles. The molecule has 1 rings (SSSR count). The molecule has 10 nitrogen and oxygen atoms in total. The van der Waals surface area contributed by atoms with E-state index in [1.807, 2.05) is 30.3 Å². The summed E-state index contributed by atoms with van der Waals surface area (Å²) in [5.41, 5.74) is -0.622. The Labute approximate surface area is 222 Å². The van der Waals surface area contributed by atoms with Crippen LogP contribution < -0.4 is 0 Å². The van der Waals surface area contributed by atoms with Crippen molar-refractivity contribution < 1.29 is 93.1 Å². The molecule has 0 spiro atoms. The van der Waals surface area contributed by atoms with Crippen molar-refractivity contribution >= 4 is 17.9 Å². The van der Waals surface area contributed by atoms with Crippen molar-refractivity contribution in [2.24, 2.45) is 0 Å². The first-order chi connectivity index (χ1) is 13.5. The van der Waals surface area contributed by atoms with Gasteiger partial charge in [0.2, 0.25) is 5.60 Å². The smallest absolute Gasteiger partial charge is 0.347 e. The first kappa shape index (κ1) is 34.9. The van der Waals surface area contributed by atoms with Crippen molar-refractivity contribution in [3.8, 4) is 0 Å². The largest absolute Gasteiger partial charge is 0.478 e. The summed E-state index contributed by atoms with van der Waals surface area (Å²) in [5, 5.41) is 26.9. The SMILES string of the molecule is CN(O)CC(=O)OCCN(C)CC(=O)OC(C)(C)C(=O)O.OCc1ccccc1.[W].[Y]. The molecular formula is C19H30N2O8WY. The van der Waals surface area contributed by atoms with Crippen molar-refractivity contribution in [1.82, 2.24) is 9.96 Å². The van der Waals surface area contributed by atoms with Crippen molar-refractivity contribution in [1.29, 1.82) is 0 Å². The Hall–Kier alpha value is -0.738. The van der Waals surface area contributed by atoms with E-state index in [0.29, 0.717) is 5.06 Å². The minimum atomic E-state index is -1.59. The molecule has 1 aromatic rings. The van der Waals surface area contributed by atoms with E-state index in [9.17, 15) is 14.4 Å². The van der Waals surface area contributed by atoms with E-state index >= 15 is 0 Å². The van der Waals surface area contributed by atoms with Gasteiger partial charge in [-0.1, -0.05) is 30.3 Å². The van der Waals surface area contributed by atoms with Crippen LogP contribution in [0.5, 0.6) is 0 Å². The van der Waals surface area contributed by atoms with Crippen molar-refractivity contribution in [2.45, 2.75) is 26.1 Å². The van der Waals surface area contributed by atoms with Crippen molar-refractivity contribution in [2.75, 3.05) is 40.3 Å². The number of carbonyl (C=O) groups excluding carboxylic acids is 2. The summed E-state index contributed by atoms with van der Waals surface area (Å²) in [5.74, 6) is -2.52. The fraction of sp³-hybridized carbons (Fsp3) is 0.526. The van der Waals surface area contributed by atoms with Crippen LogP contribution in [0.3, 0.4) is 0 Å². The number of esters is 2. The van der Waals surface area contributed by atoms with Crippen LogP contribution in [0.1, 0.15) is 19.4 Å². The quantitative estimate of drug-likeness (QED) is 0.234. The Balaban J connectivity index is -0.000000657. The van der Waals surface area contributed by atoms with Gasteiger partial charge in [-0.2, -0.15) is 5.06 Å². The number of likely N-dealkylation sites (N-methyl/N-ethyl adjacent to an activating group) is 2. The van der Waals surface area contributed by atoms with Gasteiger partial charge in [0, 0.05) is 67.4 Å². The average molecular weight is 687 g/mol. The van der Waals surface area contributed by atoms with E-state index in [1.54, 1.807) is 7.05 Å². The van der Waals surface area contributed by atoms with E-state index in [4.69, 9.17) is 24.9 Å². The maximum absolute atomic E-state index is 11.5. The van der Waals surface area contributed by atoms with Crippen LogP contribution in [-0.4, -0.2) is 89.2 Å². The number of hydrogen-bond acceptors (Lipinski definition) is 9. The maximum atomic E-state index is 11.5. The number of carboxylic acids is 1. The second kappa shape index (κ2) is 18.8. The monoisotopic (exact) mass is 687 g/mol. The van der Waals surface area contributed by atoms with Crippen LogP contribution in [0.2, 0.25) is 0 Å². The Morgan fingerprint density at radius 1 is 1.03 bits per heavy atom. The summed E-state index contributed by atoms with van der Waals surface area (Å²) in [7, 11) is 2.91. The Morgan fingerprint density at radius 3 is 2.00 bits per heavy atom. The molecule has 0 unspecified atom stereocenters. The maximum Gasteiger partial charge on any atom is 0.347 e. The Morgan fingerprint density at radius 2 is 1.58 bits per heavy atom. The van der Waals surface area contributed by atoms with Crippen LogP contribution in [-0.2, 0) is 84.2 Å². The molecule has 3 N–H and O–H groups in total. The number of carboxylic acid groups (broad SMARTS) is 1. The molecule has 0 aliphatic heterocycles. The summed E-state index contributed by atoms with van der Waals surface area (Å²) in [6.07, 6.45) is 0. The first-order valence-corrected chi connectivity index (χ1v) is 8.82. The van der Waals surface area contributed by atoms with Gasteiger partial charge < -0.3 is 24.9 Å². The molecule has 31 heavy (non-hydrogen) atoms. The first-order valence-electron chi connectivity index (χ1n) is 8.82. The van der Waals surface area contributed by atoms with Crippen molar-refractivity contribution in [3.63, 3.8) is 0 Å². The second-order valence-corrected chi connectivity index (χ2v) is 6.71. The van der Waals surface area contributed by atoms with E-state index in [-0.39, 0.29) is 86.6 Å². The fourth-order valence-electron chi connectivity index (χ4n) is 1.79. The van der Waals surface area contributed by atoms with Crippen LogP contribution in [0.4, 0.5) is 0 Å². The zero-order chi connectivity index (χ0) is 22.4. The van der Waals surface area contributed by atoms with Gasteiger partial charge in [0.15, 0.2) is 0 Å². The minimum Gasteiger partial charge on any atom is -0.478 e. The number of aliphatic hydroxyl groups is 1. The molecule has 0 aliphatic rings. The number of ether oxygens (including phenoxy) is 2. The predicted octanol–water partition coefficient (Wildman–Crippen LogP) is 0.363. The van der Waals surface area contributed by atoms with Crippen LogP contribution in [0.25, 0.3) is 0 Å². The fourth-order valence-corrected chi connectivity index (χ4v) is 1.79. The molecule has 0 aliphatic carbocycles. The molecule has 0 bridgehead atoms. The van der Waals surface area contributed by atoms with Gasteiger partial charge in [-0.25, -0.2) is 4.79 Å². The van der Waals surface area contributed by atoms with Gasteiger partial charge in [0.1, 0.15) is 13.2 Å². The standard InChI is InChI=1S/C12H22N2O7.C7H8O.W.Y/c1-12(2,11(17)18)21-10(16)7-13(3)5-6-20-9(15)8-14(4)19;8-6-7-4-2-1-3-5-7;;/h19H,5-8H2,1-4H3,(H,17,18);1-5,8H,6H2;;. The van der Waals surface area contributed by atoms with E-state index in [1.165, 1.54) is 25.8 Å². The molecule has 0 saturated carbocycles. The van der Waals surface area contributed by atoms with Gasteiger partial charge >= 0.3 is 17.9 Å². The number of hydrogen-bond donors (Lipinski definition) is 3. The minimum absolute atomic E-state index is 0. The number of rotatable bonds is 10. The third-order valence-corrected chi connectivity index (χ3v) is 3.40. The number of aliphatic hydroxyl groups excluding tert-OH is 1. The van der Waals surface area contributed by atoms with Crippen LogP contribution >= 0.6 is 0 Å². The number of benzene rings is 1. The molecule has 0 heterocycles. The second-order valence-electron chi connectivity index (χ2n) is 6.71. The molecule has 173 valence electrons. The molecular weight excluding hydrogens is 657 g/mol. The molecule has 0 aromatic heterocycles. The van der Waals surface area contributed by atoms with Gasteiger partial charge in [0.25, 0.3) is 0 Å². The van der Waals surface area contributed by atoms with Gasteiger partial charge in [0.05, 0.1) is 13.2 Å². The zero-order valence-electron chi connectivity index (χ0n) is 18.2. The van der Waals surface area contributed by atoms with E-state index < -0.39 is 23.5 Å². The third-order valence-electron chi connectivity index (χ3n) is 3.40. The summed E-state index contributed by atoms with van der Waals surface area (Å²) in [6, 6.07) is 9.52. The van der Waals surface area contributed by atoms with Crippen LogP contribution in [0, 0.1) is 0 Å². The molecule has 1 radical (unpaired) electrons. The summed E-state index contributed by atoms with van der Waals surface area (Å²) < 4.78 is 9.64. The normalized spacial score (nSPS) is 10.2. The Bertz CT molecular complexity index is 647. The average Bonchev–Trinajstić information content (AvgIpc) is 2.61. The zero-order valence-corrected chi connectivity index (χ0v) is 24.0. The Kier molecular flexibility index (Phi) is 21.1. The molecule has 0 amide bonds. The van der Waals surface area contributed by atoms with Gasteiger partial charge in [-0.15, -0.1) is 0 Å². The number of carbonyl (C=O) groups is 3. The van der Waals surface area contributed by atoms with Gasteiger partial charge in [-0.05, 0) is 26.5 Å². The molecule has 0 atom stereocenters. The number of aliphatic carboxylic acids is 1. The molecule has 0 fully saturated rings. The van der Waals surface area contributed by atoms with Crippen molar-refractivity contribution in [3.05, 3.63) is 35.9 Å². The van der Waals surface area contributed by atoms with Crippen LogP contribution in [0.15, 0.2) is 30.3 Å². The van der Waals surface area contributed by atoms with Gasteiger partial charge in [-0.3, -0.25) is 14.5 Å². The number of hydroxylamine groups is 2. The topological polar surface area (TPSA) is 137 Å². The summed E-state index contributed by atoms with van der Waals surface area (Å²) >= 11 is 0. The summed E-state index contributed by atoms with van der Waals surface area (Å²) in [4.78, 5) is 35.0. The predicted molar refractivity (Wildman–Crippen MR) is 103 cm³/mol. The number of nitrogens with zero attached hydrogens (tertiary/aromatic N) is 2. The molecule has 12 heteroatoms. The summed E-state index contributed by atoms with van der Waals surface area (Å²) in [6.45, 7) is 2.62.